The van der Waals surface area contributed by atoms with Gasteiger partial charge in [0, 0.05) is 17.3 Å². The third-order valence-corrected chi connectivity index (χ3v) is 8.79. The van der Waals surface area contributed by atoms with Crippen molar-refractivity contribution in [2.75, 3.05) is 22.7 Å². The molecule has 0 saturated heterocycles. The molecule has 0 aliphatic carbocycles. The van der Waals surface area contributed by atoms with E-state index in [1.807, 2.05) is 0 Å². The normalized spacial score (nSPS) is 16.2. The third kappa shape index (κ3) is 6.06. The van der Waals surface area contributed by atoms with Crippen molar-refractivity contribution in [2.24, 2.45) is 0 Å². The smallest absolute Gasteiger partial charge is 0.427 e. The summed E-state index contributed by atoms with van der Waals surface area (Å²) in [5.74, 6) is -0.645. The number of sulfonamides is 1. The van der Waals surface area contributed by atoms with Crippen molar-refractivity contribution in [3.63, 3.8) is 0 Å². The van der Waals surface area contributed by atoms with Gasteiger partial charge in [-0.3, -0.25) is 18.8 Å². The second kappa shape index (κ2) is 10.4. The van der Waals surface area contributed by atoms with E-state index in [9.17, 15) is 36.3 Å². The molecule has 0 bridgehead atoms. The Morgan fingerprint density at radius 3 is 2.56 bits per heavy atom. The predicted octanol–water partition coefficient (Wildman–Crippen LogP) is 3.44. The Morgan fingerprint density at radius 1 is 1.24 bits per heavy atom. The van der Waals surface area contributed by atoms with E-state index in [4.69, 9.17) is 4.74 Å². The molecule has 17 heteroatoms. The molecule has 3 N–H and O–H groups in total. The summed E-state index contributed by atoms with van der Waals surface area (Å²) >= 11 is 1.23. The second-order valence-corrected chi connectivity index (χ2v) is 13.0. The zero-order valence-electron chi connectivity index (χ0n) is 22.6. The Morgan fingerprint density at radius 2 is 1.93 bits per heavy atom. The first-order chi connectivity index (χ1) is 18.8. The summed E-state index contributed by atoms with van der Waals surface area (Å²) in [6, 6.07) is 3.85. The number of carbonyl (C=O) groups is 2. The number of anilines is 2. The van der Waals surface area contributed by atoms with Crippen LogP contribution in [0.5, 0.6) is 5.75 Å². The molecule has 1 aromatic carbocycles. The van der Waals surface area contributed by atoms with Crippen LogP contribution in [-0.4, -0.2) is 71.5 Å². The van der Waals surface area contributed by atoms with Crippen LogP contribution in [-0.2, 0) is 19.6 Å². The summed E-state index contributed by atoms with van der Waals surface area (Å²) in [6.45, 7) is 5.04. The fraction of sp³-hybridized carbons (Fsp3) is 0.458. The average molecular weight is 620 g/mol. The van der Waals surface area contributed by atoms with Crippen molar-refractivity contribution in [3.8, 4) is 5.75 Å². The summed E-state index contributed by atoms with van der Waals surface area (Å²) in [6.07, 6.45) is -5.58. The molecule has 1 aliphatic heterocycles. The van der Waals surface area contributed by atoms with Gasteiger partial charge in [-0.05, 0) is 52.8 Å². The number of nitrogens with one attached hydrogen (secondary N) is 2. The van der Waals surface area contributed by atoms with Crippen LogP contribution in [0.1, 0.15) is 33.4 Å². The Kier molecular flexibility index (Phi) is 7.68. The van der Waals surface area contributed by atoms with Gasteiger partial charge in [0.25, 0.3) is 15.9 Å². The van der Waals surface area contributed by atoms with Crippen molar-refractivity contribution in [3.05, 3.63) is 35.5 Å². The summed E-state index contributed by atoms with van der Waals surface area (Å²) in [5, 5.41) is 16.2. The fourth-order valence-corrected chi connectivity index (χ4v) is 6.47. The Balaban J connectivity index is 1.70. The molecule has 0 saturated carbocycles. The second-order valence-electron chi connectivity index (χ2n) is 10.3. The van der Waals surface area contributed by atoms with Gasteiger partial charge in [0.1, 0.15) is 17.5 Å². The summed E-state index contributed by atoms with van der Waals surface area (Å²) in [4.78, 5) is 29.2. The molecular formula is C24H28F3N5O7S2. The molecule has 1 unspecified atom stereocenters. The van der Waals surface area contributed by atoms with E-state index in [1.165, 1.54) is 54.7 Å². The molecule has 2 aromatic heterocycles. The number of thiazole rings is 1. The van der Waals surface area contributed by atoms with Crippen LogP contribution in [0.2, 0.25) is 0 Å². The minimum atomic E-state index is -4.83. The zero-order valence-corrected chi connectivity index (χ0v) is 24.2. The Hall–Kier alpha value is -3.57. The van der Waals surface area contributed by atoms with Crippen LogP contribution in [0.3, 0.4) is 0 Å². The minimum absolute atomic E-state index is 0.0208. The van der Waals surface area contributed by atoms with Gasteiger partial charge in [-0.2, -0.15) is 21.6 Å². The maximum Gasteiger partial charge on any atom is 0.427 e. The monoisotopic (exact) mass is 619 g/mol. The number of aliphatic hydroxyl groups is 1. The van der Waals surface area contributed by atoms with Crippen LogP contribution in [0.15, 0.2) is 34.8 Å². The highest BCUT2D eigenvalue weighted by atomic mass is 32.2. The van der Waals surface area contributed by atoms with Gasteiger partial charge in [-0.15, -0.1) is 11.3 Å². The number of halogens is 3. The lowest BCUT2D eigenvalue weighted by Crippen LogP contribution is -2.51. The van der Waals surface area contributed by atoms with E-state index in [0.717, 1.165) is 4.31 Å². The van der Waals surface area contributed by atoms with Gasteiger partial charge in [0.05, 0.1) is 24.5 Å². The number of hydrogen-bond donors (Lipinski definition) is 3. The first kappa shape index (κ1) is 30.4. The molecule has 12 nitrogen and oxygen atoms in total. The quantitative estimate of drug-likeness (QED) is 0.364. The van der Waals surface area contributed by atoms with E-state index in [2.05, 4.69) is 20.4 Å². The number of benzene rings is 1. The van der Waals surface area contributed by atoms with E-state index in [0.29, 0.717) is 18.8 Å². The van der Waals surface area contributed by atoms with Crippen molar-refractivity contribution >= 4 is 49.7 Å². The number of nitrogens with zero attached hydrogens (tertiary/aromatic N) is 3. The van der Waals surface area contributed by atoms with Crippen LogP contribution in [0.4, 0.5) is 29.3 Å². The SMILES string of the molecule is Cc1nc2sccn2c1S(=O)(=O)N1CC(CNC(=O)C(C)(C)O)Oc2ccc(NC(=O)OC(C)(C)C(F)(F)F)cc21. The molecule has 2 amide bonds. The molecule has 0 radical (unpaired) electrons. The first-order valence-corrected chi connectivity index (χ1v) is 14.5. The van der Waals surface area contributed by atoms with E-state index in [1.54, 1.807) is 11.6 Å². The lowest BCUT2D eigenvalue weighted by Gasteiger charge is -2.36. The number of aromatic nitrogens is 2. The van der Waals surface area contributed by atoms with E-state index >= 15 is 0 Å². The summed E-state index contributed by atoms with van der Waals surface area (Å²) in [7, 11) is -4.35. The largest absolute Gasteiger partial charge is 0.484 e. The number of rotatable bonds is 7. The maximum atomic E-state index is 14.1. The van der Waals surface area contributed by atoms with Gasteiger partial charge in [0.15, 0.2) is 9.99 Å². The molecule has 4 rings (SSSR count). The van der Waals surface area contributed by atoms with Gasteiger partial charge < -0.3 is 19.9 Å². The van der Waals surface area contributed by atoms with E-state index in [-0.39, 0.29) is 40.9 Å². The molecular weight excluding hydrogens is 591 g/mol. The highest BCUT2D eigenvalue weighted by Gasteiger charge is 2.51. The average Bonchev–Trinajstić information content (AvgIpc) is 3.40. The van der Waals surface area contributed by atoms with Crippen LogP contribution in [0.25, 0.3) is 4.96 Å². The molecule has 0 spiro atoms. The van der Waals surface area contributed by atoms with Gasteiger partial charge in [-0.25, -0.2) is 9.78 Å². The molecule has 1 aliphatic rings. The van der Waals surface area contributed by atoms with Crippen molar-refractivity contribution in [2.45, 2.75) is 63.1 Å². The van der Waals surface area contributed by atoms with Gasteiger partial charge >= 0.3 is 12.3 Å². The number of alkyl halides is 3. The number of hydrogen-bond acceptors (Lipinski definition) is 9. The predicted molar refractivity (Wildman–Crippen MR) is 143 cm³/mol. The number of imidazole rings is 1. The zero-order chi connectivity index (χ0) is 30.5. The molecule has 3 heterocycles. The lowest BCUT2D eigenvalue weighted by molar-refractivity contribution is -0.242. The molecule has 3 aromatic rings. The maximum absolute atomic E-state index is 14.1. The number of amides is 2. The van der Waals surface area contributed by atoms with Gasteiger partial charge in [-0.1, -0.05) is 0 Å². The van der Waals surface area contributed by atoms with Gasteiger partial charge in [0.2, 0.25) is 5.60 Å². The first-order valence-electron chi connectivity index (χ1n) is 12.1. The number of carbonyl (C=O) groups excluding carboxylic acids is 2. The highest BCUT2D eigenvalue weighted by Crippen LogP contribution is 2.40. The topological polar surface area (TPSA) is 152 Å². The van der Waals surface area contributed by atoms with Crippen molar-refractivity contribution in [1.82, 2.24) is 14.7 Å². The van der Waals surface area contributed by atoms with Crippen LogP contribution in [0, 0.1) is 6.92 Å². The van der Waals surface area contributed by atoms with Crippen LogP contribution < -0.4 is 19.7 Å². The minimum Gasteiger partial charge on any atom is -0.484 e. The molecule has 1 atom stereocenters. The van der Waals surface area contributed by atoms with E-state index < -0.39 is 45.5 Å². The van der Waals surface area contributed by atoms with Crippen molar-refractivity contribution in [1.29, 1.82) is 0 Å². The summed E-state index contributed by atoms with van der Waals surface area (Å²) < 4.78 is 80.5. The lowest BCUT2D eigenvalue weighted by atomic mass is 10.1. The summed E-state index contributed by atoms with van der Waals surface area (Å²) in [5.41, 5.74) is -4.32. The van der Waals surface area contributed by atoms with Crippen LogP contribution >= 0.6 is 11.3 Å². The molecule has 0 fully saturated rings. The molecule has 41 heavy (non-hydrogen) atoms. The van der Waals surface area contributed by atoms with Crippen molar-refractivity contribution < 1.29 is 45.8 Å². The number of fused-ring (bicyclic) bond motifs is 2. The number of aryl methyl sites for hydroxylation is 1. The third-order valence-electron chi connectivity index (χ3n) is 6.13. The standard InChI is InChI=1S/C24H28F3N5O7S2/c1-13-18(31-8-9-40-20(31)29-13)41(36,37)32-12-15(11-28-19(33)22(2,3)35)38-17-7-6-14(10-16(17)32)30-21(34)39-23(4,5)24(25,26)27/h6-10,15,35H,11-12H2,1-5H3,(H,28,33)(H,30,34). The Labute approximate surface area is 237 Å². The molecule has 224 valence electrons. The highest BCUT2D eigenvalue weighted by molar-refractivity contribution is 7.92. The number of ether oxygens (including phenoxy) is 2. The fourth-order valence-electron chi connectivity index (χ4n) is 3.87. The Bertz CT molecular complexity index is 1590.